The zero-order chi connectivity index (χ0) is 13.4. The van der Waals surface area contributed by atoms with Crippen molar-refractivity contribution >= 4 is 29.0 Å². The van der Waals surface area contributed by atoms with Crippen LogP contribution < -0.4 is 9.64 Å². The van der Waals surface area contributed by atoms with Crippen LogP contribution in [0.4, 0.5) is 5.69 Å². The fourth-order valence-corrected chi connectivity index (χ4v) is 2.40. The minimum absolute atomic E-state index is 0.0593. The molecule has 1 aromatic carbocycles. The molecule has 0 aromatic heterocycles. The highest BCUT2D eigenvalue weighted by molar-refractivity contribution is 6.30. The summed E-state index contributed by atoms with van der Waals surface area (Å²) < 4.78 is 5.53. The molecule has 4 nitrogen and oxygen atoms in total. The number of nitrogens with zero attached hydrogens (tertiary/aromatic N) is 1. The summed E-state index contributed by atoms with van der Waals surface area (Å²) in [5.74, 6) is 0.745. The molecule has 1 aliphatic heterocycles. The van der Waals surface area contributed by atoms with Gasteiger partial charge in [-0.25, -0.2) is 0 Å². The lowest BCUT2D eigenvalue weighted by atomic mass is 10.1. The van der Waals surface area contributed by atoms with Crippen LogP contribution in [-0.2, 0) is 4.79 Å². The highest BCUT2D eigenvalue weighted by atomic mass is 35.5. The SMILES string of the molecule is O=C(CCl)c1ccc2c(c1)N(C(=O)C1CC1)CCO2. The van der Waals surface area contributed by atoms with Gasteiger partial charge in [-0.1, -0.05) is 0 Å². The van der Waals surface area contributed by atoms with Crippen molar-refractivity contribution in [2.75, 3.05) is 23.9 Å². The van der Waals surface area contributed by atoms with Gasteiger partial charge in [0.05, 0.1) is 18.1 Å². The van der Waals surface area contributed by atoms with Crippen molar-refractivity contribution < 1.29 is 14.3 Å². The molecular weight excluding hydrogens is 266 g/mol. The molecule has 0 saturated heterocycles. The number of carbonyl (C=O) groups is 2. The number of halogens is 1. The standard InChI is InChI=1S/C14H14ClNO3/c15-8-12(17)10-3-4-13-11(7-10)16(5-6-19-13)14(18)9-1-2-9/h3-4,7,9H,1-2,5-6,8H2. The van der Waals surface area contributed by atoms with E-state index in [4.69, 9.17) is 16.3 Å². The predicted molar refractivity (Wildman–Crippen MR) is 72.1 cm³/mol. The Morgan fingerprint density at radius 3 is 2.84 bits per heavy atom. The molecule has 5 heteroatoms. The van der Waals surface area contributed by atoms with Gasteiger partial charge in [0.1, 0.15) is 12.4 Å². The van der Waals surface area contributed by atoms with Gasteiger partial charge in [0.2, 0.25) is 5.91 Å². The van der Waals surface area contributed by atoms with Crippen LogP contribution >= 0.6 is 11.6 Å². The molecule has 0 spiro atoms. The summed E-state index contributed by atoms with van der Waals surface area (Å²) in [7, 11) is 0. The van der Waals surface area contributed by atoms with Gasteiger partial charge in [-0.2, -0.15) is 0 Å². The molecule has 3 rings (SSSR count). The van der Waals surface area contributed by atoms with Crippen molar-refractivity contribution in [1.82, 2.24) is 0 Å². The first-order valence-electron chi connectivity index (χ1n) is 6.38. The Hall–Kier alpha value is -1.55. The summed E-state index contributed by atoms with van der Waals surface area (Å²) >= 11 is 5.57. The van der Waals surface area contributed by atoms with Crippen molar-refractivity contribution in [2.45, 2.75) is 12.8 Å². The van der Waals surface area contributed by atoms with Crippen LogP contribution in [0.3, 0.4) is 0 Å². The lowest BCUT2D eigenvalue weighted by Crippen LogP contribution is -2.39. The Balaban J connectivity index is 1.96. The second-order valence-electron chi connectivity index (χ2n) is 4.85. The first-order chi connectivity index (χ1) is 9.20. The number of hydrogen-bond donors (Lipinski definition) is 0. The number of anilines is 1. The molecule has 1 amide bonds. The number of hydrogen-bond acceptors (Lipinski definition) is 3. The Bertz CT molecular complexity index is 539. The quantitative estimate of drug-likeness (QED) is 0.630. The zero-order valence-corrected chi connectivity index (χ0v) is 11.2. The highest BCUT2D eigenvalue weighted by Gasteiger charge is 2.36. The molecular formula is C14H14ClNO3. The molecule has 1 aromatic rings. The normalized spacial score (nSPS) is 17.6. The number of carbonyl (C=O) groups excluding carboxylic acids is 2. The number of rotatable bonds is 3. The summed E-state index contributed by atoms with van der Waals surface area (Å²) in [6.45, 7) is 1.04. The van der Waals surface area contributed by atoms with E-state index in [9.17, 15) is 9.59 Å². The van der Waals surface area contributed by atoms with Crippen LogP contribution in [0.5, 0.6) is 5.75 Å². The van der Waals surface area contributed by atoms with E-state index in [2.05, 4.69) is 0 Å². The van der Waals surface area contributed by atoms with Crippen molar-refractivity contribution in [3.05, 3.63) is 23.8 Å². The largest absolute Gasteiger partial charge is 0.490 e. The predicted octanol–water partition coefficient (Wildman–Crippen LogP) is 2.24. The van der Waals surface area contributed by atoms with Crippen molar-refractivity contribution in [1.29, 1.82) is 0 Å². The number of amides is 1. The monoisotopic (exact) mass is 279 g/mol. The summed E-state index contributed by atoms with van der Waals surface area (Å²) in [4.78, 5) is 25.6. The molecule has 2 aliphatic rings. The zero-order valence-electron chi connectivity index (χ0n) is 10.4. The van der Waals surface area contributed by atoms with E-state index in [0.717, 1.165) is 12.8 Å². The Morgan fingerprint density at radius 2 is 2.16 bits per heavy atom. The number of alkyl halides is 1. The van der Waals surface area contributed by atoms with E-state index in [-0.39, 0.29) is 23.5 Å². The Morgan fingerprint density at radius 1 is 1.37 bits per heavy atom. The van der Waals surface area contributed by atoms with Gasteiger partial charge in [-0.15, -0.1) is 11.6 Å². The van der Waals surface area contributed by atoms with Gasteiger partial charge in [-0.05, 0) is 31.0 Å². The van der Waals surface area contributed by atoms with Crippen LogP contribution in [0.1, 0.15) is 23.2 Å². The molecule has 100 valence electrons. The Labute approximate surface area is 116 Å². The summed E-state index contributed by atoms with van der Waals surface area (Å²) in [6, 6.07) is 5.13. The molecule has 0 atom stereocenters. The van der Waals surface area contributed by atoms with Crippen LogP contribution in [0, 0.1) is 5.92 Å². The van der Waals surface area contributed by atoms with Crippen molar-refractivity contribution in [3.8, 4) is 5.75 Å². The summed E-state index contributed by atoms with van der Waals surface area (Å²) in [5.41, 5.74) is 1.21. The molecule has 1 fully saturated rings. The summed E-state index contributed by atoms with van der Waals surface area (Å²) in [5, 5.41) is 0. The third-order valence-electron chi connectivity index (χ3n) is 3.46. The van der Waals surface area contributed by atoms with Gasteiger partial charge in [0.25, 0.3) is 0 Å². The van der Waals surface area contributed by atoms with Gasteiger partial charge in [0.15, 0.2) is 5.78 Å². The lowest BCUT2D eigenvalue weighted by molar-refractivity contribution is -0.120. The van der Waals surface area contributed by atoms with Gasteiger partial charge in [-0.3, -0.25) is 9.59 Å². The molecule has 0 bridgehead atoms. The molecule has 0 radical (unpaired) electrons. The van der Waals surface area contributed by atoms with Gasteiger partial charge < -0.3 is 9.64 Å². The van der Waals surface area contributed by atoms with E-state index in [1.165, 1.54) is 0 Å². The molecule has 0 N–H and O–H groups in total. The van der Waals surface area contributed by atoms with E-state index in [1.807, 2.05) is 0 Å². The molecule has 1 heterocycles. The first kappa shape index (κ1) is 12.5. The van der Waals surface area contributed by atoms with Crippen molar-refractivity contribution in [2.24, 2.45) is 5.92 Å². The lowest BCUT2D eigenvalue weighted by Gasteiger charge is -2.30. The average Bonchev–Trinajstić information content (AvgIpc) is 3.29. The van der Waals surface area contributed by atoms with Crippen molar-refractivity contribution in [3.63, 3.8) is 0 Å². The molecule has 0 unspecified atom stereocenters. The van der Waals surface area contributed by atoms with Gasteiger partial charge >= 0.3 is 0 Å². The van der Waals surface area contributed by atoms with E-state index >= 15 is 0 Å². The van der Waals surface area contributed by atoms with Crippen LogP contribution in [-0.4, -0.2) is 30.7 Å². The average molecular weight is 280 g/mol. The third kappa shape index (κ3) is 2.32. The van der Waals surface area contributed by atoms with Crippen LogP contribution in [0.15, 0.2) is 18.2 Å². The molecule has 19 heavy (non-hydrogen) atoms. The second kappa shape index (κ2) is 4.85. The number of ketones is 1. The summed E-state index contributed by atoms with van der Waals surface area (Å²) in [6.07, 6.45) is 1.93. The first-order valence-corrected chi connectivity index (χ1v) is 6.91. The van der Waals surface area contributed by atoms with Crippen LogP contribution in [0.25, 0.3) is 0 Å². The number of Topliss-reactive ketones (excluding diaryl/α,β-unsaturated/α-hetero) is 1. The minimum Gasteiger partial charge on any atom is -0.490 e. The smallest absolute Gasteiger partial charge is 0.230 e. The Kier molecular flexibility index (Phi) is 3.19. The van der Waals surface area contributed by atoms with Crippen LogP contribution in [0.2, 0.25) is 0 Å². The number of benzene rings is 1. The maximum Gasteiger partial charge on any atom is 0.230 e. The van der Waals surface area contributed by atoms with E-state index in [1.54, 1.807) is 23.1 Å². The molecule has 1 saturated carbocycles. The van der Waals surface area contributed by atoms with Gasteiger partial charge in [0, 0.05) is 11.5 Å². The van der Waals surface area contributed by atoms with E-state index in [0.29, 0.717) is 30.2 Å². The maximum atomic E-state index is 12.2. The highest BCUT2D eigenvalue weighted by Crippen LogP contribution is 2.38. The molecule has 1 aliphatic carbocycles. The number of ether oxygens (including phenoxy) is 1. The topological polar surface area (TPSA) is 46.6 Å². The fraction of sp³-hybridized carbons (Fsp3) is 0.429. The maximum absolute atomic E-state index is 12.2. The third-order valence-corrected chi connectivity index (χ3v) is 3.70. The number of fused-ring (bicyclic) bond motifs is 1. The minimum atomic E-state index is -0.145. The fourth-order valence-electron chi connectivity index (χ4n) is 2.25. The van der Waals surface area contributed by atoms with E-state index < -0.39 is 0 Å². The second-order valence-corrected chi connectivity index (χ2v) is 5.12.